The van der Waals surface area contributed by atoms with Gasteiger partial charge in [-0.1, -0.05) is 24.3 Å². The van der Waals surface area contributed by atoms with E-state index in [4.69, 9.17) is 4.74 Å². The van der Waals surface area contributed by atoms with Crippen molar-refractivity contribution in [1.29, 1.82) is 0 Å². The number of benzene rings is 1. The molecular formula is C14H21NO. The number of ether oxygens (including phenoxy) is 1. The second kappa shape index (κ2) is 4.98. The Bertz CT molecular complexity index is 350. The summed E-state index contributed by atoms with van der Waals surface area (Å²) in [5.74, 6) is 0. The largest absolute Gasteiger partial charge is 0.369 e. The highest BCUT2D eigenvalue weighted by Gasteiger charge is 2.22. The van der Waals surface area contributed by atoms with Crippen LogP contribution in [0.1, 0.15) is 37.5 Å². The van der Waals surface area contributed by atoms with Crippen LogP contribution in [0.4, 0.5) is 0 Å². The summed E-state index contributed by atoms with van der Waals surface area (Å²) in [4.78, 5) is 0. The van der Waals surface area contributed by atoms with E-state index < -0.39 is 0 Å². The van der Waals surface area contributed by atoms with Crippen LogP contribution in [-0.4, -0.2) is 18.7 Å². The monoisotopic (exact) mass is 219 g/mol. The Morgan fingerprint density at radius 1 is 1.25 bits per heavy atom. The summed E-state index contributed by atoms with van der Waals surface area (Å²) >= 11 is 0. The summed E-state index contributed by atoms with van der Waals surface area (Å²) in [6.07, 6.45) is 1.61. The van der Waals surface area contributed by atoms with Crippen LogP contribution in [0, 0.1) is 6.92 Å². The van der Waals surface area contributed by atoms with Crippen molar-refractivity contribution >= 4 is 0 Å². The van der Waals surface area contributed by atoms with E-state index in [0.717, 1.165) is 13.0 Å². The molecule has 1 N–H and O–H groups in total. The molecule has 1 aromatic rings. The Balaban J connectivity index is 2.17. The van der Waals surface area contributed by atoms with Crippen LogP contribution in [0.25, 0.3) is 0 Å². The average Bonchev–Trinajstić information content (AvgIpc) is 2.40. The van der Waals surface area contributed by atoms with Crippen LogP contribution in [0.3, 0.4) is 0 Å². The highest BCUT2D eigenvalue weighted by Crippen LogP contribution is 2.25. The first-order valence-corrected chi connectivity index (χ1v) is 6.11. The summed E-state index contributed by atoms with van der Waals surface area (Å²) in [7, 11) is 0. The van der Waals surface area contributed by atoms with E-state index in [1.54, 1.807) is 0 Å². The van der Waals surface area contributed by atoms with Crippen molar-refractivity contribution in [3.05, 3.63) is 35.4 Å². The number of hydrogen-bond donors (Lipinski definition) is 1. The predicted molar refractivity (Wildman–Crippen MR) is 66.5 cm³/mol. The van der Waals surface area contributed by atoms with Crippen LogP contribution in [0.2, 0.25) is 0 Å². The number of nitrogens with one attached hydrogen (secondary N) is 1. The molecular weight excluding hydrogens is 198 g/mol. The molecule has 1 fully saturated rings. The average molecular weight is 219 g/mol. The zero-order valence-electron chi connectivity index (χ0n) is 10.4. The second-order valence-corrected chi connectivity index (χ2v) is 4.84. The maximum Gasteiger partial charge on any atom is 0.0955 e. The summed E-state index contributed by atoms with van der Waals surface area (Å²) in [5.41, 5.74) is 2.63. The van der Waals surface area contributed by atoms with E-state index in [1.165, 1.54) is 11.1 Å². The summed E-state index contributed by atoms with van der Waals surface area (Å²) in [6.45, 7) is 7.45. The molecule has 3 unspecified atom stereocenters. The van der Waals surface area contributed by atoms with Gasteiger partial charge in [0.15, 0.2) is 0 Å². The van der Waals surface area contributed by atoms with Crippen LogP contribution in [0.15, 0.2) is 24.3 Å². The van der Waals surface area contributed by atoms with E-state index >= 15 is 0 Å². The first kappa shape index (κ1) is 11.6. The van der Waals surface area contributed by atoms with Gasteiger partial charge in [0.2, 0.25) is 0 Å². The Hall–Kier alpha value is -0.860. The molecule has 0 radical (unpaired) electrons. The maximum atomic E-state index is 6.09. The lowest BCUT2D eigenvalue weighted by Crippen LogP contribution is -2.28. The van der Waals surface area contributed by atoms with E-state index in [2.05, 4.69) is 50.4 Å². The van der Waals surface area contributed by atoms with Crippen LogP contribution < -0.4 is 5.32 Å². The van der Waals surface area contributed by atoms with Crippen LogP contribution in [0.5, 0.6) is 0 Å². The lowest BCUT2D eigenvalue weighted by atomic mass is 10.0. The quantitative estimate of drug-likeness (QED) is 0.784. The molecule has 0 saturated carbocycles. The zero-order chi connectivity index (χ0) is 11.5. The molecule has 2 nitrogen and oxygen atoms in total. The van der Waals surface area contributed by atoms with Crippen LogP contribution >= 0.6 is 0 Å². The first-order chi connectivity index (χ1) is 7.66. The Kier molecular flexibility index (Phi) is 3.62. The summed E-state index contributed by atoms with van der Waals surface area (Å²) in [6, 6.07) is 9.03. The molecule has 1 saturated heterocycles. The van der Waals surface area contributed by atoms with Gasteiger partial charge in [0.1, 0.15) is 0 Å². The topological polar surface area (TPSA) is 21.3 Å². The van der Waals surface area contributed by atoms with Gasteiger partial charge in [-0.05, 0) is 38.3 Å². The second-order valence-electron chi connectivity index (χ2n) is 4.84. The van der Waals surface area contributed by atoms with Crippen molar-refractivity contribution in [2.75, 3.05) is 6.54 Å². The molecule has 0 spiro atoms. The molecule has 2 heteroatoms. The van der Waals surface area contributed by atoms with Gasteiger partial charge in [0, 0.05) is 12.6 Å². The maximum absolute atomic E-state index is 6.09. The summed E-state index contributed by atoms with van der Waals surface area (Å²) in [5, 5.41) is 3.53. The van der Waals surface area contributed by atoms with Gasteiger partial charge >= 0.3 is 0 Å². The van der Waals surface area contributed by atoms with Crippen molar-refractivity contribution < 1.29 is 4.74 Å². The van der Waals surface area contributed by atoms with Gasteiger partial charge in [-0.25, -0.2) is 0 Å². The van der Waals surface area contributed by atoms with Gasteiger partial charge < -0.3 is 10.1 Å². The van der Waals surface area contributed by atoms with E-state index in [9.17, 15) is 0 Å². The molecule has 2 rings (SSSR count). The lowest BCUT2D eigenvalue weighted by molar-refractivity contribution is 0.00687. The molecule has 1 heterocycles. The van der Waals surface area contributed by atoms with Gasteiger partial charge in [0.25, 0.3) is 0 Å². The molecule has 1 aliphatic heterocycles. The fourth-order valence-electron chi connectivity index (χ4n) is 2.40. The molecule has 1 aliphatic rings. The normalized spacial score (nSPS) is 31.1. The van der Waals surface area contributed by atoms with Crippen molar-refractivity contribution in [2.45, 2.75) is 45.4 Å². The first-order valence-electron chi connectivity index (χ1n) is 6.11. The Morgan fingerprint density at radius 2 is 2.00 bits per heavy atom. The number of hydrogen-bond acceptors (Lipinski definition) is 2. The van der Waals surface area contributed by atoms with Gasteiger partial charge in [-0.3, -0.25) is 0 Å². The fourth-order valence-corrected chi connectivity index (χ4v) is 2.40. The van der Waals surface area contributed by atoms with Crippen molar-refractivity contribution in [2.24, 2.45) is 0 Å². The third-order valence-electron chi connectivity index (χ3n) is 3.27. The van der Waals surface area contributed by atoms with Crippen molar-refractivity contribution in [1.82, 2.24) is 5.32 Å². The standard InChI is InChI=1S/C14H21NO/c1-10-6-4-5-7-13(10)14-9-15-11(2)8-12(3)16-14/h4-7,11-12,14-15H,8-9H2,1-3H3. The van der Waals surface area contributed by atoms with Gasteiger partial charge in [0.05, 0.1) is 12.2 Å². The highest BCUT2D eigenvalue weighted by atomic mass is 16.5. The molecule has 0 aliphatic carbocycles. The third-order valence-corrected chi connectivity index (χ3v) is 3.27. The SMILES string of the molecule is Cc1ccccc1C1CNC(C)CC(C)O1. The van der Waals surface area contributed by atoms with E-state index in [1.807, 2.05) is 0 Å². The Labute approximate surface area is 98.0 Å². The molecule has 3 atom stereocenters. The predicted octanol–water partition coefficient (Wildman–Crippen LogP) is 2.82. The highest BCUT2D eigenvalue weighted by molar-refractivity contribution is 5.28. The van der Waals surface area contributed by atoms with E-state index in [-0.39, 0.29) is 6.10 Å². The number of rotatable bonds is 1. The minimum absolute atomic E-state index is 0.196. The molecule has 0 bridgehead atoms. The van der Waals surface area contributed by atoms with Crippen LogP contribution in [-0.2, 0) is 4.74 Å². The van der Waals surface area contributed by atoms with Gasteiger partial charge in [-0.2, -0.15) is 0 Å². The molecule has 88 valence electrons. The Morgan fingerprint density at radius 3 is 2.75 bits per heavy atom. The smallest absolute Gasteiger partial charge is 0.0955 e. The minimum atomic E-state index is 0.196. The van der Waals surface area contributed by atoms with Gasteiger partial charge in [-0.15, -0.1) is 0 Å². The fraction of sp³-hybridized carbons (Fsp3) is 0.571. The lowest BCUT2D eigenvalue weighted by Gasteiger charge is -2.20. The summed E-state index contributed by atoms with van der Waals surface area (Å²) < 4.78 is 6.09. The van der Waals surface area contributed by atoms with E-state index in [0.29, 0.717) is 12.1 Å². The molecule has 0 amide bonds. The van der Waals surface area contributed by atoms with Crippen molar-refractivity contribution in [3.63, 3.8) is 0 Å². The van der Waals surface area contributed by atoms with Crippen molar-refractivity contribution in [3.8, 4) is 0 Å². The third kappa shape index (κ3) is 2.63. The molecule has 16 heavy (non-hydrogen) atoms. The minimum Gasteiger partial charge on any atom is -0.369 e. The molecule has 1 aromatic carbocycles. The number of aryl methyl sites for hydroxylation is 1. The molecule has 0 aromatic heterocycles. The zero-order valence-corrected chi connectivity index (χ0v) is 10.4.